The average molecular weight is 513 g/mol. The molecule has 10 nitrogen and oxygen atoms in total. The Bertz CT molecular complexity index is 572. The summed E-state index contributed by atoms with van der Waals surface area (Å²) in [4.78, 5) is 33.7. The van der Waals surface area contributed by atoms with E-state index in [0.29, 0.717) is 12.8 Å². The van der Waals surface area contributed by atoms with E-state index >= 15 is 0 Å². The molecular weight excluding hydrogens is 467 g/mol. The summed E-state index contributed by atoms with van der Waals surface area (Å²) in [6.07, 6.45) is 9.42. The number of aliphatic hydroxyl groups is 2. The third-order valence-electron chi connectivity index (χ3n) is 5.01. The van der Waals surface area contributed by atoms with Gasteiger partial charge in [0.25, 0.3) is 0 Å². The molecule has 0 amide bonds. The van der Waals surface area contributed by atoms with E-state index < -0.39 is 51.8 Å². The van der Waals surface area contributed by atoms with Crippen LogP contribution in [0.4, 0.5) is 0 Å². The molecule has 0 heterocycles. The number of esters is 2. The van der Waals surface area contributed by atoms with Gasteiger partial charge in [0.2, 0.25) is 0 Å². The van der Waals surface area contributed by atoms with Gasteiger partial charge in [-0.3, -0.25) is 18.6 Å². The first-order valence-electron chi connectivity index (χ1n) is 12.5. The molecule has 3 N–H and O–H groups in total. The van der Waals surface area contributed by atoms with Gasteiger partial charge in [-0.25, -0.2) is 4.57 Å². The van der Waals surface area contributed by atoms with E-state index in [4.69, 9.17) is 19.1 Å². The van der Waals surface area contributed by atoms with Crippen molar-refractivity contribution in [3.05, 3.63) is 0 Å². The smallest absolute Gasteiger partial charge is 0.462 e. The number of unbranched alkanes of at least 4 members (excludes halogenated alkanes) is 9. The Balaban J connectivity index is 4.45. The molecule has 0 aliphatic carbocycles. The number of carbonyl (C=O) groups is 2. The van der Waals surface area contributed by atoms with Gasteiger partial charge >= 0.3 is 19.8 Å². The summed E-state index contributed by atoms with van der Waals surface area (Å²) in [7, 11) is -4.57. The minimum atomic E-state index is -4.57. The first-order valence-corrected chi connectivity index (χ1v) is 14.0. The molecule has 0 aromatic rings. The molecule has 1 unspecified atom stereocenters. The predicted molar refractivity (Wildman–Crippen MR) is 127 cm³/mol. The molecule has 0 saturated heterocycles. The molecule has 0 bridgehead atoms. The number of ether oxygens (including phenoxy) is 2. The summed E-state index contributed by atoms with van der Waals surface area (Å²) in [5, 5.41) is 18.0. The lowest BCUT2D eigenvalue weighted by Crippen LogP contribution is -2.29. The van der Waals surface area contributed by atoms with Gasteiger partial charge in [0.05, 0.1) is 19.8 Å². The van der Waals surface area contributed by atoms with Crippen molar-refractivity contribution in [3.8, 4) is 0 Å². The van der Waals surface area contributed by atoms with Crippen molar-refractivity contribution < 1.29 is 47.8 Å². The van der Waals surface area contributed by atoms with E-state index in [1.54, 1.807) is 0 Å². The molecule has 0 rings (SSSR count). The molecule has 0 saturated carbocycles. The zero-order valence-electron chi connectivity index (χ0n) is 20.8. The molecule has 202 valence electrons. The largest absolute Gasteiger partial charge is 0.472 e. The number of hydrogen-bond acceptors (Lipinski definition) is 9. The van der Waals surface area contributed by atoms with Gasteiger partial charge < -0.3 is 24.6 Å². The van der Waals surface area contributed by atoms with Crippen molar-refractivity contribution in [3.63, 3.8) is 0 Å². The van der Waals surface area contributed by atoms with E-state index in [-0.39, 0.29) is 19.4 Å². The lowest BCUT2D eigenvalue weighted by molar-refractivity contribution is -0.161. The summed E-state index contributed by atoms with van der Waals surface area (Å²) in [6.45, 7) is 2.02. The van der Waals surface area contributed by atoms with Crippen LogP contribution in [0.2, 0.25) is 0 Å². The minimum absolute atomic E-state index is 0.187. The van der Waals surface area contributed by atoms with Crippen LogP contribution in [0.15, 0.2) is 0 Å². The first-order chi connectivity index (χ1) is 16.2. The van der Waals surface area contributed by atoms with Crippen LogP contribution in [-0.4, -0.2) is 65.7 Å². The van der Waals surface area contributed by atoms with Crippen LogP contribution in [0.3, 0.4) is 0 Å². The topological polar surface area (TPSA) is 149 Å². The van der Waals surface area contributed by atoms with Crippen LogP contribution in [0.5, 0.6) is 0 Å². The van der Waals surface area contributed by atoms with Gasteiger partial charge in [-0.1, -0.05) is 71.6 Å². The van der Waals surface area contributed by atoms with Gasteiger partial charge in [0, 0.05) is 12.8 Å². The van der Waals surface area contributed by atoms with Crippen molar-refractivity contribution in [2.24, 2.45) is 0 Å². The highest BCUT2D eigenvalue weighted by molar-refractivity contribution is 7.47. The van der Waals surface area contributed by atoms with Crippen molar-refractivity contribution in [1.82, 2.24) is 0 Å². The van der Waals surface area contributed by atoms with Crippen LogP contribution in [-0.2, 0) is 32.7 Å². The zero-order chi connectivity index (χ0) is 25.7. The highest BCUT2D eigenvalue weighted by Crippen LogP contribution is 2.43. The van der Waals surface area contributed by atoms with Crippen LogP contribution < -0.4 is 0 Å². The third-order valence-corrected chi connectivity index (χ3v) is 5.96. The number of phosphoric acid groups is 1. The Labute approximate surface area is 203 Å². The number of rotatable bonds is 23. The van der Waals surface area contributed by atoms with E-state index in [2.05, 4.69) is 11.4 Å². The molecule has 11 heteroatoms. The Morgan fingerprint density at radius 3 is 1.88 bits per heavy atom. The van der Waals surface area contributed by atoms with Gasteiger partial charge in [0.1, 0.15) is 12.7 Å². The lowest BCUT2D eigenvalue weighted by atomic mass is 10.1. The van der Waals surface area contributed by atoms with Crippen molar-refractivity contribution in [1.29, 1.82) is 0 Å². The molecular formula is C23H45O10P. The zero-order valence-corrected chi connectivity index (χ0v) is 21.7. The molecule has 3 atom stereocenters. The Hall–Kier alpha value is -1.03. The highest BCUT2D eigenvalue weighted by Gasteiger charge is 2.27. The summed E-state index contributed by atoms with van der Waals surface area (Å²) in [5.41, 5.74) is 0. The molecule has 0 aromatic carbocycles. The van der Waals surface area contributed by atoms with Crippen molar-refractivity contribution >= 4 is 19.8 Å². The summed E-state index contributed by atoms with van der Waals surface area (Å²) in [6, 6.07) is 0. The normalized spacial score (nSPS) is 14.9. The van der Waals surface area contributed by atoms with Crippen molar-refractivity contribution in [2.45, 2.75) is 110 Å². The molecule has 0 fully saturated rings. The third kappa shape index (κ3) is 20.4. The number of phosphoric ester groups is 1. The van der Waals surface area contributed by atoms with E-state index in [1.807, 2.05) is 6.92 Å². The summed E-state index contributed by atoms with van der Waals surface area (Å²) >= 11 is 0. The minimum Gasteiger partial charge on any atom is -0.462 e. The van der Waals surface area contributed by atoms with Gasteiger partial charge in [-0.15, -0.1) is 0 Å². The van der Waals surface area contributed by atoms with Gasteiger partial charge in [0.15, 0.2) is 6.10 Å². The maximum Gasteiger partial charge on any atom is 0.472 e. The maximum atomic E-state index is 12.2. The SMILES string of the molecule is CCCCCCCCCCCC(=O)O[C@H](COC(=O)CCCC)COP(=O)(O)OC[C@@H](O)CO. The molecule has 0 radical (unpaired) electrons. The van der Waals surface area contributed by atoms with Crippen LogP contribution >= 0.6 is 7.82 Å². The molecule has 0 spiro atoms. The first kappa shape index (κ1) is 33.0. The number of aliphatic hydroxyl groups excluding tert-OH is 2. The summed E-state index contributed by atoms with van der Waals surface area (Å²) < 4.78 is 31.7. The van der Waals surface area contributed by atoms with E-state index in [1.165, 1.54) is 32.1 Å². The second kappa shape index (κ2) is 21.3. The standard InChI is InChI=1S/C23H45O10P/c1-3-5-7-8-9-10-11-12-13-15-23(27)33-21(18-30-22(26)14-6-4-2)19-32-34(28,29)31-17-20(25)16-24/h20-21,24-25H,3-19H2,1-2H3,(H,28,29)/t20-,21+/m0/s1. The number of carbonyl (C=O) groups excluding carboxylic acids is 2. The quantitative estimate of drug-likeness (QED) is 0.104. The molecule has 0 aromatic heterocycles. The lowest BCUT2D eigenvalue weighted by Gasteiger charge is -2.20. The fourth-order valence-electron chi connectivity index (χ4n) is 2.97. The highest BCUT2D eigenvalue weighted by atomic mass is 31.2. The van der Waals surface area contributed by atoms with Crippen LogP contribution in [0, 0.1) is 0 Å². The van der Waals surface area contributed by atoms with Crippen LogP contribution in [0.1, 0.15) is 97.3 Å². The maximum absolute atomic E-state index is 12.2. The Kier molecular flexibility index (Phi) is 20.6. The second-order valence-corrected chi connectivity index (χ2v) is 9.83. The Morgan fingerprint density at radius 1 is 0.765 bits per heavy atom. The average Bonchev–Trinajstić information content (AvgIpc) is 2.81. The van der Waals surface area contributed by atoms with E-state index in [0.717, 1.165) is 25.7 Å². The predicted octanol–water partition coefficient (Wildman–Crippen LogP) is 4.04. The monoisotopic (exact) mass is 512 g/mol. The fourth-order valence-corrected chi connectivity index (χ4v) is 3.76. The molecule has 0 aliphatic rings. The number of hydrogen-bond donors (Lipinski definition) is 3. The summed E-state index contributed by atoms with van der Waals surface area (Å²) in [5.74, 6) is -0.970. The molecule has 0 aliphatic heterocycles. The van der Waals surface area contributed by atoms with Crippen molar-refractivity contribution in [2.75, 3.05) is 26.4 Å². The fraction of sp³-hybridized carbons (Fsp3) is 0.913. The molecule has 34 heavy (non-hydrogen) atoms. The Morgan fingerprint density at radius 2 is 1.29 bits per heavy atom. The second-order valence-electron chi connectivity index (χ2n) is 8.37. The van der Waals surface area contributed by atoms with Gasteiger partial charge in [-0.2, -0.15) is 0 Å². The van der Waals surface area contributed by atoms with Crippen LogP contribution in [0.25, 0.3) is 0 Å². The van der Waals surface area contributed by atoms with Gasteiger partial charge in [-0.05, 0) is 12.8 Å². The van der Waals surface area contributed by atoms with E-state index in [9.17, 15) is 24.2 Å².